The van der Waals surface area contributed by atoms with Crippen LogP contribution in [0.5, 0.6) is 0 Å². The van der Waals surface area contributed by atoms with E-state index in [1.807, 2.05) is 6.92 Å². The first-order valence-electron chi connectivity index (χ1n) is 5.47. The molecule has 86 valence electrons. The molecule has 1 aromatic carbocycles. The maximum Gasteiger partial charge on any atom is 0.143 e. The van der Waals surface area contributed by atoms with E-state index in [-0.39, 0.29) is 5.92 Å². The Kier molecular flexibility index (Phi) is 3.10. The highest BCUT2D eigenvalue weighted by atomic mass is 16.4. The molecule has 1 heterocycles. The van der Waals surface area contributed by atoms with Gasteiger partial charge in [-0.15, -0.1) is 0 Å². The van der Waals surface area contributed by atoms with Gasteiger partial charge in [0.1, 0.15) is 5.84 Å². The highest BCUT2D eigenvalue weighted by Gasteiger charge is 2.21. The zero-order chi connectivity index (χ0) is 11.5. The first-order valence-corrected chi connectivity index (χ1v) is 5.47. The molecule has 1 aliphatic rings. The van der Waals surface area contributed by atoms with Crippen LogP contribution in [0.4, 0.5) is 0 Å². The molecule has 0 fully saturated rings. The number of hydrogen-bond acceptors (Lipinski definition) is 3. The summed E-state index contributed by atoms with van der Waals surface area (Å²) in [6, 6.07) is 8.44. The molecule has 16 heavy (non-hydrogen) atoms. The van der Waals surface area contributed by atoms with E-state index in [9.17, 15) is 0 Å². The van der Waals surface area contributed by atoms with Crippen LogP contribution in [0.15, 0.2) is 29.4 Å². The lowest BCUT2D eigenvalue weighted by Gasteiger charge is -2.19. The minimum absolute atomic E-state index is 0.0827. The van der Waals surface area contributed by atoms with E-state index in [2.05, 4.69) is 34.3 Å². The van der Waals surface area contributed by atoms with Gasteiger partial charge in [-0.25, -0.2) is 0 Å². The van der Waals surface area contributed by atoms with Crippen molar-refractivity contribution in [3.63, 3.8) is 0 Å². The summed E-state index contributed by atoms with van der Waals surface area (Å²) in [7, 11) is 0. The molecule has 0 amide bonds. The third kappa shape index (κ3) is 2.17. The summed E-state index contributed by atoms with van der Waals surface area (Å²) in [5.74, 6) is 0.385. The van der Waals surface area contributed by atoms with Crippen LogP contribution in [0.2, 0.25) is 0 Å². The SMILES string of the molecule is CC(CN1Cc2ccccc2C1)C(N)=NO. The fraction of sp³-hybridized carbons (Fsp3) is 0.417. The Morgan fingerprint density at radius 2 is 2.00 bits per heavy atom. The number of nitrogens with zero attached hydrogens (tertiary/aromatic N) is 2. The van der Waals surface area contributed by atoms with E-state index < -0.39 is 0 Å². The fourth-order valence-electron chi connectivity index (χ4n) is 2.11. The average molecular weight is 219 g/mol. The van der Waals surface area contributed by atoms with Crippen LogP contribution < -0.4 is 5.73 Å². The smallest absolute Gasteiger partial charge is 0.143 e. The average Bonchev–Trinajstić information content (AvgIpc) is 2.69. The Bertz CT molecular complexity index is 378. The molecule has 4 heteroatoms. The van der Waals surface area contributed by atoms with Crippen LogP contribution in [0.3, 0.4) is 0 Å². The van der Waals surface area contributed by atoms with Crippen LogP contribution in [0.25, 0.3) is 0 Å². The van der Waals surface area contributed by atoms with Gasteiger partial charge < -0.3 is 10.9 Å². The monoisotopic (exact) mass is 219 g/mol. The highest BCUT2D eigenvalue weighted by molar-refractivity contribution is 5.82. The summed E-state index contributed by atoms with van der Waals surface area (Å²) in [6.07, 6.45) is 0. The standard InChI is InChI=1S/C12H17N3O/c1-9(12(13)14-16)6-15-7-10-4-2-3-5-11(10)8-15/h2-5,9,16H,6-8H2,1H3,(H2,13,14). The van der Waals surface area contributed by atoms with Crippen molar-refractivity contribution in [2.24, 2.45) is 16.8 Å². The van der Waals surface area contributed by atoms with Crippen LogP contribution in [-0.4, -0.2) is 22.5 Å². The van der Waals surface area contributed by atoms with E-state index in [1.165, 1.54) is 11.1 Å². The summed E-state index contributed by atoms with van der Waals surface area (Å²) < 4.78 is 0. The zero-order valence-corrected chi connectivity index (χ0v) is 9.43. The maximum atomic E-state index is 8.60. The number of amidine groups is 1. The summed E-state index contributed by atoms with van der Waals surface area (Å²) in [4.78, 5) is 2.31. The van der Waals surface area contributed by atoms with Gasteiger partial charge >= 0.3 is 0 Å². The van der Waals surface area contributed by atoms with Crippen molar-refractivity contribution in [3.8, 4) is 0 Å². The largest absolute Gasteiger partial charge is 0.409 e. The number of fused-ring (bicyclic) bond motifs is 1. The molecule has 0 saturated heterocycles. The highest BCUT2D eigenvalue weighted by Crippen LogP contribution is 2.22. The van der Waals surface area contributed by atoms with Gasteiger partial charge in [0.15, 0.2) is 0 Å². The molecule has 0 spiro atoms. The topological polar surface area (TPSA) is 61.8 Å². The number of hydrogen-bond donors (Lipinski definition) is 2. The second-order valence-electron chi connectivity index (χ2n) is 4.36. The van der Waals surface area contributed by atoms with Crippen molar-refractivity contribution in [1.29, 1.82) is 0 Å². The lowest BCUT2D eigenvalue weighted by atomic mass is 10.1. The lowest BCUT2D eigenvalue weighted by Crippen LogP contribution is -2.32. The van der Waals surface area contributed by atoms with Crippen LogP contribution in [0, 0.1) is 5.92 Å². The molecule has 0 radical (unpaired) electrons. The molecule has 0 aromatic heterocycles. The van der Waals surface area contributed by atoms with Crippen molar-refractivity contribution >= 4 is 5.84 Å². The van der Waals surface area contributed by atoms with Gasteiger partial charge in [-0.3, -0.25) is 4.90 Å². The summed E-state index contributed by atoms with van der Waals surface area (Å²) >= 11 is 0. The number of benzene rings is 1. The van der Waals surface area contributed by atoms with Crippen molar-refractivity contribution in [1.82, 2.24) is 4.90 Å². The van der Waals surface area contributed by atoms with Crippen molar-refractivity contribution in [2.75, 3.05) is 6.54 Å². The lowest BCUT2D eigenvalue weighted by molar-refractivity contribution is 0.260. The molecule has 3 N–H and O–H groups in total. The predicted octanol–water partition coefficient (Wildman–Crippen LogP) is 1.38. The van der Waals surface area contributed by atoms with E-state index in [1.54, 1.807) is 0 Å². The molecular weight excluding hydrogens is 202 g/mol. The molecule has 1 unspecified atom stereocenters. The number of oxime groups is 1. The Morgan fingerprint density at radius 1 is 1.44 bits per heavy atom. The minimum atomic E-state index is 0.0827. The molecule has 1 aliphatic heterocycles. The first kappa shape index (κ1) is 11.0. The van der Waals surface area contributed by atoms with E-state index in [4.69, 9.17) is 10.9 Å². The predicted molar refractivity (Wildman–Crippen MR) is 63.1 cm³/mol. The molecular formula is C12H17N3O. The molecule has 2 rings (SSSR count). The number of rotatable bonds is 3. The van der Waals surface area contributed by atoms with Gasteiger partial charge in [-0.1, -0.05) is 36.3 Å². The van der Waals surface area contributed by atoms with Gasteiger partial charge in [0.2, 0.25) is 0 Å². The second kappa shape index (κ2) is 4.53. The normalized spacial score (nSPS) is 18.4. The molecule has 0 aliphatic carbocycles. The van der Waals surface area contributed by atoms with Crippen LogP contribution >= 0.6 is 0 Å². The fourth-order valence-corrected chi connectivity index (χ4v) is 2.11. The Balaban J connectivity index is 1.97. The molecule has 0 bridgehead atoms. The van der Waals surface area contributed by atoms with Gasteiger partial charge in [-0.2, -0.15) is 0 Å². The minimum Gasteiger partial charge on any atom is -0.409 e. The quantitative estimate of drug-likeness (QED) is 0.349. The zero-order valence-electron chi connectivity index (χ0n) is 9.43. The van der Waals surface area contributed by atoms with Crippen LogP contribution in [0.1, 0.15) is 18.1 Å². The van der Waals surface area contributed by atoms with E-state index in [0.717, 1.165) is 19.6 Å². The third-order valence-electron chi connectivity index (χ3n) is 3.06. The molecule has 1 atom stereocenters. The third-order valence-corrected chi connectivity index (χ3v) is 3.06. The maximum absolute atomic E-state index is 8.60. The van der Waals surface area contributed by atoms with Gasteiger partial charge in [0, 0.05) is 25.6 Å². The molecule has 4 nitrogen and oxygen atoms in total. The van der Waals surface area contributed by atoms with Crippen molar-refractivity contribution in [2.45, 2.75) is 20.0 Å². The van der Waals surface area contributed by atoms with Gasteiger partial charge in [0.05, 0.1) is 0 Å². The summed E-state index contributed by atoms with van der Waals surface area (Å²) in [6.45, 7) is 4.71. The van der Waals surface area contributed by atoms with Gasteiger partial charge in [0.25, 0.3) is 0 Å². The second-order valence-corrected chi connectivity index (χ2v) is 4.36. The van der Waals surface area contributed by atoms with E-state index in [0.29, 0.717) is 5.84 Å². The van der Waals surface area contributed by atoms with Crippen molar-refractivity contribution < 1.29 is 5.21 Å². The Hall–Kier alpha value is -1.55. The van der Waals surface area contributed by atoms with Gasteiger partial charge in [-0.05, 0) is 11.1 Å². The van der Waals surface area contributed by atoms with Crippen molar-refractivity contribution in [3.05, 3.63) is 35.4 Å². The summed E-state index contributed by atoms with van der Waals surface area (Å²) in [5.41, 5.74) is 8.34. The molecule has 0 saturated carbocycles. The Morgan fingerprint density at radius 3 is 2.50 bits per heavy atom. The first-order chi connectivity index (χ1) is 7.70. The molecule has 1 aromatic rings. The van der Waals surface area contributed by atoms with Crippen LogP contribution in [-0.2, 0) is 13.1 Å². The summed E-state index contributed by atoms with van der Waals surface area (Å²) in [5, 5.41) is 11.6. The Labute approximate surface area is 95.4 Å². The number of nitrogens with two attached hydrogens (primary N) is 1. The van der Waals surface area contributed by atoms with E-state index >= 15 is 0 Å².